The maximum Gasteiger partial charge on any atom is 0.416 e. The second-order valence-corrected chi connectivity index (χ2v) is 5.93. The number of halogens is 3. The molecule has 2 aromatic rings. The molecule has 0 radical (unpaired) electrons. The topological polar surface area (TPSA) is 55.4 Å². The number of Topliss-reactive ketones (excluding diaryl/α,β-unsaturated/α-hetero) is 1. The van der Waals surface area contributed by atoms with Gasteiger partial charge in [-0.2, -0.15) is 13.2 Å². The predicted molar refractivity (Wildman–Crippen MR) is 89.8 cm³/mol. The summed E-state index contributed by atoms with van der Waals surface area (Å²) in [6.07, 6.45) is -5.30. The van der Waals surface area contributed by atoms with Crippen LogP contribution in [0.3, 0.4) is 0 Å². The number of hydrogen-bond donors (Lipinski definition) is 1. The fourth-order valence-electron chi connectivity index (χ4n) is 2.33. The van der Waals surface area contributed by atoms with E-state index >= 15 is 0 Å². The van der Waals surface area contributed by atoms with Crippen LogP contribution in [-0.4, -0.2) is 11.9 Å². The van der Waals surface area contributed by atoms with Crippen molar-refractivity contribution >= 4 is 11.9 Å². The summed E-state index contributed by atoms with van der Waals surface area (Å²) < 4.78 is 43.1. The quantitative estimate of drug-likeness (QED) is 0.826. The molecule has 0 spiro atoms. The van der Waals surface area contributed by atoms with Gasteiger partial charge in [0.15, 0.2) is 0 Å². The van der Waals surface area contributed by atoms with Crippen LogP contribution < -0.4 is 10.1 Å². The number of ketones is 1. The van der Waals surface area contributed by atoms with E-state index in [2.05, 4.69) is 5.32 Å². The number of benzene rings is 2. The standard InChI is InChI=1S/C19H18F3NO3/c1-12-3-9-16(10-4-12)26-18(25)23-17(11-13(2)24)14-5-7-15(8-6-14)19(20,21)22/h3-10,17H,11H2,1-2H3,(H,23,25)/t17-/m0/s1. The Hall–Kier alpha value is -2.83. The van der Waals surface area contributed by atoms with Crippen molar-refractivity contribution in [1.29, 1.82) is 0 Å². The summed E-state index contributed by atoms with van der Waals surface area (Å²) in [5.74, 6) is 0.104. The maximum atomic E-state index is 12.7. The lowest BCUT2D eigenvalue weighted by Crippen LogP contribution is -2.32. The van der Waals surface area contributed by atoms with E-state index in [1.54, 1.807) is 24.3 Å². The Labute approximate surface area is 149 Å². The number of alkyl halides is 3. The summed E-state index contributed by atoms with van der Waals surface area (Å²) in [6.45, 7) is 3.22. The van der Waals surface area contributed by atoms with Gasteiger partial charge in [-0.15, -0.1) is 0 Å². The first-order valence-corrected chi connectivity index (χ1v) is 7.87. The molecule has 0 bridgehead atoms. The molecule has 1 atom stereocenters. The molecule has 2 rings (SSSR count). The highest BCUT2D eigenvalue weighted by Crippen LogP contribution is 2.30. The van der Waals surface area contributed by atoms with Crippen LogP contribution >= 0.6 is 0 Å². The molecule has 0 fully saturated rings. The Morgan fingerprint density at radius 3 is 2.12 bits per heavy atom. The minimum Gasteiger partial charge on any atom is -0.410 e. The van der Waals surface area contributed by atoms with Crippen LogP contribution in [0.1, 0.15) is 36.1 Å². The fourth-order valence-corrected chi connectivity index (χ4v) is 2.33. The molecular weight excluding hydrogens is 347 g/mol. The summed E-state index contributed by atoms with van der Waals surface area (Å²) in [5, 5.41) is 2.52. The van der Waals surface area contributed by atoms with Crippen molar-refractivity contribution in [2.75, 3.05) is 0 Å². The van der Waals surface area contributed by atoms with Gasteiger partial charge in [-0.05, 0) is 43.7 Å². The molecule has 7 heteroatoms. The van der Waals surface area contributed by atoms with Gasteiger partial charge in [-0.1, -0.05) is 29.8 Å². The maximum absolute atomic E-state index is 12.7. The first-order valence-electron chi connectivity index (χ1n) is 7.87. The second kappa shape index (κ2) is 8.03. The summed E-state index contributed by atoms with van der Waals surface area (Å²) in [6, 6.07) is 10.3. The van der Waals surface area contributed by atoms with Crippen LogP contribution in [0.25, 0.3) is 0 Å². The van der Waals surface area contributed by atoms with Crippen molar-refractivity contribution in [3.05, 3.63) is 65.2 Å². The predicted octanol–water partition coefficient (Wildman–Crippen LogP) is 4.82. The largest absolute Gasteiger partial charge is 0.416 e. The van der Waals surface area contributed by atoms with Gasteiger partial charge in [-0.25, -0.2) is 4.79 Å². The Bertz CT molecular complexity index is 768. The molecule has 138 valence electrons. The summed E-state index contributed by atoms with van der Waals surface area (Å²) in [5.41, 5.74) is 0.580. The zero-order chi connectivity index (χ0) is 19.3. The highest BCUT2D eigenvalue weighted by atomic mass is 19.4. The normalized spacial score (nSPS) is 12.3. The Kier molecular flexibility index (Phi) is 6.02. The summed E-state index contributed by atoms with van der Waals surface area (Å²) >= 11 is 0. The second-order valence-electron chi connectivity index (χ2n) is 5.93. The van der Waals surface area contributed by atoms with Crippen molar-refractivity contribution in [2.24, 2.45) is 0 Å². The first-order chi connectivity index (χ1) is 12.1. The molecular formula is C19H18F3NO3. The zero-order valence-corrected chi connectivity index (χ0v) is 14.3. The van der Waals surface area contributed by atoms with E-state index in [-0.39, 0.29) is 12.2 Å². The van der Waals surface area contributed by atoms with E-state index in [0.29, 0.717) is 11.3 Å². The van der Waals surface area contributed by atoms with Gasteiger partial charge in [0.25, 0.3) is 0 Å². The molecule has 4 nitrogen and oxygen atoms in total. The van der Waals surface area contributed by atoms with Gasteiger partial charge in [0.05, 0.1) is 11.6 Å². The van der Waals surface area contributed by atoms with Gasteiger partial charge in [0.2, 0.25) is 0 Å². The lowest BCUT2D eigenvalue weighted by molar-refractivity contribution is -0.137. The van der Waals surface area contributed by atoms with Gasteiger partial charge < -0.3 is 10.1 Å². The Morgan fingerprint density at radius 2 is 1.62 bits per heavy atom. The van der Waals surface area contributed by atoms with Crippen molar-refractivity contribution in [3.8, 4) is 5.75 Å². The Balaban J connectivity index is 2.12. The number of amides is 1. The van der Waals surface area contributed by atoms with Crippen LogP contribution in [0, 0.1) is 6.92 Å². The minimum absolute atomic E-state index is 0.0611. The number of hydrogen-bond acceptors (Lipinski definition) is 3. The Morgan fingerprint density at radius 1 is 1.04 bits per heavy atom. The molecule has 0 saturated carbocycles. The number of carbonyl (C=O) groups excluding carboxylic acids is 2. The first kappa shape index (κ1) is 19.5. The smallest absolute Gasteiger partial charge is 0.410 e. The molecule has 0 heterocycles. The van der Waals surface area contributed by atoms with Crippen LogP contribution in [-0.2, 0) is 11.0 Å². The molecule has 0 aliphatic rings. The number of carbonyl (C=O) groups is 2. The summed E-state index contributed by atoms with van der Waals surface area (Å²) in [4.78, 5) is 23.5. The third-order valence-corrected chi connectivity index (χ3v) is 3.66. The molecule has 0 aliphatic heterocycles. The van der Waals surface area contributed by atoms with Crippen molar-refractivity contribution in [3.63, 3.8) is 0 Å². The van der Waals surface area contributed by atoms with Crippen LogP contribution in [0.2, 0.25) is 0 Å². The van der Waals surface area contributed by atoms with Crippen LogP contribution in [0.15, 0.2) is 48.5 Å². The molecule has 0 unspecified atom stereocenters. The highest BCUT2D eigenvalue weighted by Gasteiger charge is 2.30. The highest BCUT2D eigenvalue weighted by molar-refractivity contribution is 5.78. The van der Waals surface area contributed by atoms with Crippen molar-refractivity contribution in [2.45, 2.75) is 32.5 Å². The van der Waals surface area contributed by atoms with E-state index in [4.69, 9.17) is 4.74 Å². The molecule has 0 saturated heterocycles. The van der Waals surface area contributed by atoms with E-state index in [0.717, 1.165) is 17.7 Å². The van der Waals surface area contributed by atoms with Gasteiger partial charge in [0, 0.05) is 6.42 Å². The van der Waals surface area contributed by atoms with E-state index < -0.39 is 23.9 Å². The number of aryl methyl sites for hydroxylation is 1. The minimum atomic E-state index is -4.45. The molecule has 0 aromatic heterocycles. The van der Waals surface area contributed by atoms with E-state index in [9.17, 15) is 22.8 Å². The van der Waals surface area contributed by atoms with Crippen LogP contribution in [0.4, 0.5) is 18.0 Å². The lowest BCUT2D eigenvalue weighted by atomic mass is 10.0. The summed E-state index contributed by atoms with van der Waals surface area (Å²) in [7, 11) is 0. The number of nitrogens with one attached hydrogen (secondary N) is 1. The average Bonchev–Trinajstić information content (AvgIpc) is 2.55. The van der Waals surface area contributed by atoms with Gasteiger partial charge in [0.1, 0.15) is 11.5 Å². The fraction of sp³-hybridized carbons (Fsp3) is 0.263. The third kappa shape index (κ3) is 5.61. The molecule has 1 amide bonds. The van der Waals surface area contributed by atoms with Crippen LogP contribution in [0.5, 0.6) is 5.75 Å². The molecule has 26 heavy (non-hydrogen) atoms. The van der Waals surface area contributed by atoms with Gasteiger partial charge in [-0.3, -0.25) is 4.79 Å². The third-order valence-electron chi connectivity index (χ3n) is 3.66. The van der Waals surface area contributed by atoms with Gasteiger partial charge >= 0.3 is 12.3 Å². The molecule has 2 aromatic carbocycles. The van der Waals surface area contributed by atoms with E-state index in [1.807, 2.05) is 6.92 Å². The lowest BCUT2D eigenvalue weighted by Gasteiger charge is -2.18. The zero-order valence-electron chi connectivity index (χ0n) is 14.3. The van der Waals surface area contributed by atoms with E-state index in [1.165, 1.54) is 19.1 Å². The molecule has 0 aliphatic carbocycles. The number of ether oxygens (including phenoxy) is 1. The average molecular weight is 365 g/mol. The van der Waals surface area contributed by atoms with Crippen molar-refractivity contribution < 1.29 is 27.5 Å². The number of rotatable bonds is 5. The van der Waals surface area contributed by atoms with Crippen molar-refractivity contribution in [1.82, 2.24) is 5.32 Å². The SMILES string of the molecule is CC(=O)C[C@H](NC(=O)Oc1ccc(C)cc1)c1ccc(C(F)(F)F)cc1. The monoisotopic (exact) mass is 365 g/mol. The molecule has 1 N–H and O–H groups in total.